The van der Waals surface area contributed by atoms with Gasteiger partial charge in [0.05, 0.1) is 10.6 Å². The Hall–Kier alpha value is -5.66. The first-order valence-electron chi connectivity index (χ1n) is 14.9. The molecule has 0 aliphatic carbocycles. The van der Waals surface area contributed by atoms with E-state index >= 15 is 0 Å². The summed E-state index contributed by atoms with van der Waals surface area (Å²) in [5.41, 5.74) is 9.60. The molecule has 0 saturated carbocycles. The summed E-state index contributed by atoms with van der Waals surface area (Å²) in [6, 6.07) is 10.5. The summed E-state index contributed by atoms with van der Waals surface area (Å²) in [6.45, 7) is 13.6. The number of rotatable bonds is 9. The fraction of sp³-hybridized carbons (Fsp3) is 0.353. The molecule has 14 heteroatoms. The Morgan fingerprint density at radius 1 is 0.708 bits per heavy atom. The van der Waals surface area contributed by atoms with E-state index in [1.54, 1.807) is 78.3 Å². The number of nitrogens with zero attached hydrogens (tertiary/aromatic N) is 5. The first-order valence-corrected chi connectivity index (χ1v) is 14.9. The molecule has 0 fully saturated rings. The quantitative estimate of drug-likeness (QED) is 0.128. The van der Waals surface area contributed by atoms with Crippen LogP contribution in [0.4, 0.5) is 11.4 Å². The number of aryl methyl sites for hydroxylation is 2. The number of anilines is 1. The molecule has 0 atom stereocenters. The Morgan fingerprint density at radius 2 is 1.15 bits per heavy atom. The highest BCUT2D eigenvalue weighted by molar-refractivity contribution is 5.73. The Morgan fingerprint density at radius 3 is 1.56 bits per heavy atom. The molecular formula is C34H40N6O8. The number of ether oxygens (including phenoxy) is 4. The number of carbonyl (C=O) groups is 2. The zero-order chi connectivity index (χ0) is 35.6. The molecule has 254 valence electrons. The molecule has 0 radical (unpaired) electrons. The van der Waals surface area contributed by atoms with Gasteiger partial charge in [0.25, 0.3) is 5.88 Å². The van der Waals surface area contributed by atoms with E-state index in [2.05, 4.69) is 19.9 Å². The smallest absolute Gasteiger partial charge is 0.344 e. The third-order valence-corrected chi connectivity index (χ3v) is 5.86. The molecule has 48 heavy (non-hydrogen) atoms. The second-order valence-corrected chi connectivity index (χ2v) is 12.5. The van der Waals surface area contributed by atoms with Gasteiger partial charge in [0, 0.05) is 53.4 Å². The van der Waals surface area contributed by atoms with Crippen LogP contribution in [0.1, 0.15) is 52.9 Å². The SMILES string of the molecule is Cc1cc(-c2cnc(OCC(=O)OC(C)(C)C)c(N)c2)ccn1.Cc1cc(-c2cnc(OCC(=O)OC(C)(C)C)c([N+](=O)[O-])c2)ccn1. The monoisotopic (exact) mass is 660 g/mol. The summed E-state index contributed by atoms with van der Waals surface area (Å²) >= 11 is 0. The Balaban J connectivity index is 0.000000261. The van der Waals surface area contributed by atoms with E-state index in [1.807, 2.05) is 26.0 Å². The van der Waals surface area contributed by atoms with Crippen LogP contribution in [0.25, 0.3) is 22.3 Å². The van der Waals surface area contributed by atoms with E-state index in [9.17, 15) is 19.7 Å². The fourth-order valence-electron chi connectivity index (χ4n) is 4.03. The van der Waals surface area contributed by atoms with Gasteiger partial charge < -0.3 is 24.7 Å². The first kappa shape index (κ1) is 36.8. The summed E-state index contributed by atoms with van der Waals surface area (Å²) in [7, 11) is 0. The average Bonchev–Trinajstić information content (AvgIpc) is 2.98. The van der Waals surface area contributed by atoms with Gasteiger partial charge in [-0.25, -0.2) is 19.6 Å². The van der Waals surface area contributed by atoms with Gasteiger partial charge >= 0.3 is 17.6 Å². The minimum absolute atomic E-state index is 0.213. The lowest BCUT2D eigenvalue weighted by molar-refractivity contribution is -0.386. The number of nitro groups is 1. The van der Waals surface area contributed by atoms with Crippen molar-refractivity contribution in [2.45, 2.75) is 66.6 Å². The summed E-state index contributed by atoms with van der Waals surface area (Å²) in [5.74, 6) is -1.11. The van der Waals surface area contributed by atoms with Gasteiger partial charge in [0.2, 0.25) is 5.88 Å². The standard InChI is InChI=1S/C17H19N3O5.C17H21N3O3/c1-11-7-12(5-6-18-11)13-8-14(20(22)23)16(19-9-13)24-10-15(21)25-17(2,3)4;1-11-7-12(5-6-19-11)13-8-14(18)16(20-9-13)22-10-15(21)23-17(2,3)4/h5-9H,10H2,1-4H3;5-9H,10,18H2,1-4H3. The number of hydrogen-bond acceptors (Lipinski definition) is 13. The topological polar surface area (TPSA) is 192 Å². The van der Waals surface area contributed by atoms with Crippen LogP contribution in [0.15, 0.2) is 61.2 Å². The highest BCUT2D eigenvalue weighted by Gasteiger charge is 2.22. The zero-order valence-corrected chi connectivity index (χ0v) is 28.3. The third-order valence-electron chi connectivity index (χ3n) is 5.86. The molecule has 0 aliphatic rings. The zero-order valence-electron chi connectivity index (χ0n) is 28.3. The van der Waals surface area contributed by atoms with Crippen LogP contribution in [-0.4, -0.2) is 61.2 Å². The lowest BCUT2D eigenvalue weighted by atomic mass is 10.1. The number of carbonyl (C=O) groups excluding carboxylic acids is 2. The van der Waals surface area contributed by atoms with Crippen molar-refractivity contribution < 1.29 is 33.5 Å². The van der Waals surface area contributed by atoms with E-state index in [0.717, 1.165) is 28.1 Å². The van der Waals surface area contributed by atoms with Crippen molar-refractivity contribution in [2.24, 2.45) is 0 Å². The van der Waals surface area contributed by atoms with Gasteiger partial charge in [-0.3, -0.25) is 20.1 Å². The lowest BCUT2D eigenvalue weighted by Crippen LogP contribution is -2.27. The molecule has 14 nitrogen and oxygen atoms in total. The maximum Gasteiger partial charge on any atom is 0.344 e. The Bertz CT molecular complexity index is 1770. The third kappa shape index (κ3) is 11.9. The largest absolute Gasteiger partial charge is 0.464 e. The first-order chi connectivity index (χ1) is 22.4. The van der Waals surface area contributed by atoms with E-state index in [-0.39, 0.29) is 24.1 Å². The maximum atomic E-state index is 11.7. The summed E-state index contributed by atoms with van der Waals surface area (Å²) in [6.07, 6.45) is 6.44. The molecule has 4 rings (SSSR count). The van der Waals surface area contributed by atoms with Crippen molar-refractivity contribution in [1.29, 1.82) is 0 Å². The molecule has 0 bridgehead atoms. The predicted molar refractivity (Wildman–Crippen MR) is 178 cm³/mol. The molecule has 0 unspecified atom stereocenters. The van der Waals surface area contributed by atoms with E-state index in [1.165, 1.54) is 12.3 Å². The predicted octanol–water partition coefficient (Wildman–Crippen LogP) is 5.84. The number of nitrogen functional groups attached to an aromatic ring is 1. The Labute approximate surface area is 278 Å². The van der Waals surface area contributed by atoms with Crippen LogP contribution < -0.4 is 15.2 Å². The highest BCUT2D eigenvalue weighted by Crippen LogP contribution is 2.30. The van der Waals surface area contributed by atoms with E-state index in [4.69, 9.17) is 24.7 Å². The summed E-state index contributed by atoms with van der Waals surface area (Å²) in [4.78, 5) is 50.4. The number of hydrogen-bond donors (Lipinski definition) is 1. The number of pyridine rings is 4. The van der Waals surface area contributed by atoms with Crippen LogP contribution in [0.2, 0.25) is 0 Å². The van der Waals surface area contributed by atoms with Crippen molar-refractivity contribution in [3.05, 3.63) is 82.7 Å². The van der Waals surface area contributed by atoms with Gasteiger partial charge in [-0.2, -0.15) is 0 Å². The van der Waals surface area contributed by atoms with Gasteiger partial charge in [-0.1, -0.05) is 0 Å². The van der Waals surface area contributed by atoms with Crippen LogP contribution in [-0.2, 0) is 19.1 Å². The van der Waals surface area contributed by atoms with Crippen molar-refractivity contribution >= 4 is 23.3 Å². The van der Waals surface area contributed by atoms with Gasteiger partial charge in [-0.15, -0.1) is 0 Å². The van der Waals surface area contributed by atoms with Crippen LogP contribution in [0.5, 0.6) is 11.8 Å². The van der Waals surface area contributed by atoms with Crippen molar-refractivity contribution in [1.82, 2.24) is 19.9 Å². The molecule has 0 aliphatic heterocycles. The maximum absolute atomic E-state index is 11.7. The second kappa shape index (κ2) is 15.8. The summed E-state index contributed by atoms with van der Waals surface area (Å²) in [5, 5.41) is 11.3. The van der Waals surface area contributed by atoms with Crippen LogP contribution >= 0.6 is 0 Å². The van der Waals surface area contributed by atoms with Gasteiger partial charge in [0.1, 0.15) is 11.2 Å². The minimum atomic E-state index is -0.664. The summed E-state index contributed by atoms with van der Waals surface area (Å²) < 4.78 is 20.8. The molecule has 4 heterocycles. The molecule has 0 aromatic carbocycles. The van der Waals surface area contributed by atoms with E-state index in [0.29, 0.717) is 11.3 Å². The molecule has 0 amide bonds. The average molecular weight is 661 g/mol. The van der Waals surface area contributed by atoms with E-state index < -0.39 is 34.7 Å². The van der Waals surface area contributed by atoms with Crippen molar-refractivity contribution in [3.8, 4) is 34.0 Å². The molecular weight excluding hydrogens is 620 g/mol. The number of aromatic nitrogens is 4. The van der Waals surface area contributed by atoms with Gasteiger partial charge in [0.15, 0.2) is 13.2 Å². The molecule has 4 aromatic heterocycles. The van der Waals surface area contributed by atoms with Crippen LogP contribution in [0, 0.1) is 24.0 Å². The molecule has 2 N–H and O–H groups in total. The molecule has 4 aromatic rings. The number of esters is 2. The lowest BCUT2D eigenvalue weighted by Gasteiger charge is -2.19. The highest BCUT2D eigenvalue weighted by atomic mass is 16.6. The van der Waals surface area contributed by atoms with Crippen molar-refractivity contribution in [2.75, 3.05) is 18.9 Å². The normalized spacial score (nSPS) is 11.1. The second-order valence-electron chi connectivity index (χ2n) is 12.5. The van der Waals surface area contributed by atoms with Gasteiger partial charge in [-0.05, 0) is 96.8 Å². The molecule has 0 spiro atoms. The fourth-order valence-corrected chi connectivity index (χ4v) is 4.03. The van der Waals surface area contributed by atoms with Crippen molar-refractivity contribution in [3.63, 3.8) is 0 Å². The Kier molecular flexibility index (Phi) is 12.1. The van der Waals surface area contributed by atoms with Crippen LogP contribution in [0.3, 0.4) is 0 Å². The minimum Gasteiger partial charge on any atom is -0.464 e. The molecule has 0 saturated heterocycles. The number of nitrogens with two attached hydrogens (primary N) is 1.